The highest BCUT2D eigenvalue weighted by Crippen LogP contribution is 2.42. The highest BCUT2D eigenvalue weighted by Gasteiger charge is 2.31. The Hall–Kier alpha value is -0.330. The molecule has 18 heavy (non-hydrogen) atoms. The lowest BCUT2D eigenvalue weighted by molar-refractivity contribution is -0.117. The Morgan fingerprint density at radius 3 is 1.72 bits per heavy atom. The SMILES string of the molecule is CC(=O)CCC(C1CCCCC1)C1CCCCC1. The maximum absolute atomic E-state index is 11.3. The molecule has 0 aromatic rings. The predicted octanol–water partition coefficient (Wildman–Crippen LogP) is 5.13. The smallest absolute Gasteiger partial charge is 0.129 e. The maximum Gasteiger partial charge on any atom is 0.129 e. The molecular formula is C17H30O. The molecule has 0 unspecified atom stereocenters. The van der Waals surface area contributed by atoms with Crippen LogP contribution in [0.25, 0.3) is 0 Å². The van der Waals surface area contributed by atoms with Crippen LogP contribution in [0, 0.1) is 17.8 Å². The van der Waals surface area contributed by atoms with E-state index in [-0.39, 0.29) is 0 Å². The van der Waals surface area contributed by atoms with Gasteiger partial charge < -0.3 is 4.79 Å². The summed E-state index contributed by atoms with van der Waals surface area (Å²) in [5.41, 5.74) is 0. The Labute approximate surface area is 113 Å². The quantitative estimate of drug-likeness (QED) is 0.661. The Morgan fingerprint density at radius 2 is 1.33 bits per heavy atom. The van der Waals surface area contributed by atoms with Gasteiger partial charge in [0, 0.05) is 6.42 Å². The minimum absolute atomic E-state index is 0.395. The van der Waals surface area contributed by atoms with Crippen LogP contribution in [0.2, 0.25) is 0 Å². The second-order valence-electron chi connectivity index (χ2n) is 6.70. The van der Waals surface area contributed by atoms with E-state index in [1.807, 2.05) is 0 Å². The molecule has 1 nitrogen and oxygen atoms in total. The molecule has 0 spiro atoms. The summed E-state index contributed by atoms with van der Waals surface area (Å²) in [6.07, 6.45) is 16.4. The molecule has 0 radical (unpaired) electrons. The van der Waals surface area contributed by atoms with Gasteiger partial charge >= 0.3 is 0 Å². The third-order valence-electron chi connectivity index (χ3n) is 5.34. The summed E-state index contributed by atoms with van der Waals surface area (Å²) in [6.45, 7) is 1.76. The van der Waals surface area contributed by atoms with Gasteiger partial charge in [0.1, 0.15) is 5.78 Å². The summed E-state index contributed by atoms with van der Waals surface area (Å²) in [5, 5.41) is 0. The van der Waals surface area contributed by atoms with Crippen LogP contribution >= 0.6 is 0 Å². The fourth-order valence-electron chi connectivity index (χ4n) is 4.35. The van der Waals surface area contributed by atoms with Crippen molar-refractivity contribution in [1.82, 2.24) is 0 Å². The van der Waals surface area contributed by atoms with Crippen molar-refractivity contribution in [2.24, 2.45) is 17.8 Å². The van der Waals surface area contributed by atoms with Gasteiger partial charge in [-0.3, -0.25) is 0 Å². The monoisotopic (exact) mass is 250 g/mol. The highest BCUT2D eigenvalue weighted by molar-refractivity contribution is 5.75. The van der Waals surface area contributed by atoms with Crippen LogP contribution in [-0.4, -0.2) is 5.78 Å². The van der Waals surface area contributed by atoms with Crippen molar-refractivity contribution in [3.05, 3.63) is 0 Å². The van der Waals surface area contributed by atoms with E-state index in [4.69, 9.17) is 0 Å². The number of ketones is 1. The van der Waals surface area contributed by atoms with Crippen molar-refractivity contribution in [2.45, 2.75) is 84.0 Å². The molecule has 0 aliphatic heterocycles. The van der Waals surface area contributed by atoms with E-state index in [1.54, 1.807) is 6.92 Å². The van der Waals surface area contributed by atoms with Crippen molar-refractivity contribution >= 4 is 5.78 Å². The van der Waals surface area contributed by atoms with Crippen molar-refractivity contribution in [2.75, 3.05) is 0 Å². The van der Waals surface area contributed by atoms with E-state index in [2.05, 4.69) is 0 Å². The Morgan fingerprint density at radius 1 is 0.889 bits per heavy atom. The average Bonchev–Trinajstić information content (AvgIpc) is 2.41. The number of carbonyl (C=O) groups excluding carboxylic acids is 1. The number of hydrogen-bond acceptors (Lipinski definition) is 1. The molecule has 0 bridgehead atoms. The third-order valence-corrected chi connectivity index (χ3v) is 5.34. The largest absolute Gasteiger partial charge is 0.300 e. The van der Waals surface area contributed by atoms with Crippen LogP contribution in [-0.2, 0) is 4.79 Å². The van der Waals surface area contributed by atoms with Gasteiger partial charge in [0.2, 0.25) is 0 Å². The molecule has 0 aromatic heterocycles. The van der Waals surface area contributed by atoms with Crippen LogP contribution in [0.3, 0.4) is 0 Å². The van der Waals surface area contributed by atoms with E-state index in [1.165, 1.54) is 70.6 Å². The standard InChI is InChI=1S/C17H30O/c1-14(18)12-13-17(15-8-4-2-5-9-15)16-10-6-3-7-11-16/h15-17H,2-13H2,1H3. The highest BCUT2D eigenvalue weighted by atomic mass is 16.1. The van der Waals surface area contributed by atoms with E-state index in [9.17, 15) is 4.79 Å². The van der Waals surface area contributed by atoms with Crippen molar-refractivity contribution in [3.63, 3.8) is 0 Å². The molecular weight excluding hydrogens is 220 g/mol. The summed E-state index contributed by atoms with van der Waals surface area (Å²) in [5.74, 6) is 3.16. The summed E-state index contributed by atoms with van der Waals surface area (Å²) in [6, 6.07) is 0. The first-order valence-electron chi connectivity index (χ1n) is 8.27. The molecule has 2 saturated carbocycles. The normalized spacial score (nSPS) is 23.4. The molecule has 0 aromatic carbocycles. The molecule has 0 N–H and O–H groups in total. The van der Waals surface area contributed by atoms with Gasteiger partial charge in [-0.2, -0.15) is 0 Å². The average molecular weight is 250 g/mol. The Balaban J connectivity index is 1.93. The summed E-state index contributed by atoms with van der Waals surface area (Å²) in [4.78, 5) is 11.3. The minimum Gasteiger partial charge on any atom is -0.300 e. The van der Waals surface area contributed by atoms with Gasteiger partial charge in [-0.1, -0.05) is 64.2 Å². The van der Waals surface area contributed by atoms with E-state index in [0.29, 0.717) is 5.78 Å². The third kappa shape index (κ3) is 4.10. The first kappa shape index (κ1) is 14.1. The maximum atomic E-state index is 11.3. The summed E-state index contributed by atoms with van der Waals surface area (Å²) < 4.78 is 0. The van der Waals surface area contributed by atoms with Gasteiger partial charge in [-0.25, -0.2) is 0 Å². The van der Waals surface area contributed by atoms with E-state index >= 15 is 0 Å². The Bertz CT molecular complexity index is 228. The van der Waals surface area contributed by atoms with Gasteiger partial charge in [-0.05, 0) is 31.1 Å². The first-order valence-corrected chi connectivity index (χ1v) is 8.27. The van der Waals surface area contributed by atoms with Crippen LogP contribution in [0.4, 0.5) is 0 Å². The van der Waals surface area contributed by atoms with Gasteiger partial charge in [0.25, 0.3) is 0 Å². The van der Waals surface area contributed by atoms with Crippen molar-refractivity contribution in [3.8, 4) is 0 Å². The fraction of sp³-hybridized carbons (Fsp3) is 0.941. The minimum atomic E-state index is 0.395. The molecule has 2 aliphatic carbocycles. The van der Waals surface area contributed by atoms with E-state index in [0.717, 1.165) is 24.2 Å². The molecule has 0 amide bonds. The van der Waals surface area contributed by atoms with Crippen LogP contribution in [0.15, 0.2) is 0 Å². The van der Waals surface area contributed by atoms with Crippen LogP contribution < -0.4 is 0 Å². The number of hydrogen-bond donors (Lipinski definition) is 0. The van der Waals surface area contributed by atoms with Crippen LogP contribution in [0.1, 0.15) is 84.0 Å². The second-order valence-corrected chi connectivity index (χ2v) is 6.70. The number of carbonyl (C=O) groups is 1. The summed E-state index contributed by atoms with van der Waals surface area (Å²) >= 11 is 0. The molecule has 0 heterocycles. The molecule has 0 atom stereocenters. The van der Waals surface area contributed by atoms with Crippen molar-refractivity contribution < 1.29 is 4.79 Å². The van der Waals surface area contributed by atoms with Crippen LogP contribution in [0.5, 0.6) is 0 Å². The topological polar surface area (TPSA) is 17.1 Å². The zero-order chi connectivity index (χ0) is 12.8. The summed E-state index contributed by atoms with van der Waals surface area (Å²) in [7, 11) is 0. The first-order chi connectivity index (χ1) is 8.77. The van der Waals surface area contributed by atoms with Crippen molar-refractivity contribution in [1.29, 1.82) is 0 Å². The molecule has 1 heteroatoms. The molecule has 104 valence electrons. The lowest BCUT2D eigenvalue weighted by Gasteiger charge is -2.38. The molecule has 2 fully saturated rings. The zero-order valence-electron chi connectivity index (χ0n) is 12.1. The lowest BCUT2D eigenvalue weighted by Crippen LogP contribution is -2.27. The van der Waals surface area contributed by atoms with Gasteiger partial charge in [-0.15, -0.1) is 0 Å². The van der Waals surface area contributed by atoms with E-state index < -0.39 is 0 Å². The number of rotatable bonds is 5. The molecule has 0 saturated heterocycles. The van der Waals surface area contributed by atoms with Gasteiger partial charge in [0.15, 0.2) is 0 Å². The van der Waals surface area contributed by atoms with Gasteiger partial charge in [0.05, 0.1) is 0 Å². The predicted molar refractivity (Wildman–Crippen MR) is 76.6 cm³/mol. The number of Topliss-reactive ketones (excluding diaryl/α,β-unsaturated/α-hetero) is 1. The lowest BCUT2D eigenvalue weighted by atomic mass is 9.68. The second kappa shape index (κ2) is 7.31. The molecule has 2 rings (SSSR count). The Kier molecular flexibility index (Phi) is 5.72. The fourth-order valence-corrected chi connectivity index (χ4v) is 4.35. The molecule has 2 aliphatic rings. The zero-order valence-corrected chi connectivity index (χ0v) is 12.1.